The fourth-order valence-corrected chi connectivity index (χ4v) is 3.48. The van der Waals surface area contributed by atoms with Gasteiger partial charge in [-0.1, -0.05) is 37.3 Å². The summed E-state index contributed by atoms with van der Waals surface area (Å²) in [6.45, 7) is 3.79. The SMILES string of the molecule is CC1CCN(C(=O)c2cc(NC(=O)C=Cc3ccccc3)ccc2N(C)C)CC1. The Morgan fingerprint density at radius 1 is 1.07 bits per heavy atom. The van der Waals surface area contributed by atoms with Crippen molar-refractivity contribution in [3.8, 4) is 0 Å². The molecule has 0 spiro atoms. The number of anilines is 2. The molecule has 1 aliphatic rings. The van der Waals surface area contributed by atoms with Gasteiger partial charge in [-0.15, -0.1) is 0 Å². The van der Waals surface area contributed by atoms with E-state index in [0.717, 1.165) is 37.2 Å². The van der Waals surface area contributed by atoms with Gasteiger partial charge in [0.15, 0.2) is 0 Å². The first-order valence-electron chi connectivity index (χ1n) is 10.1. The van der Waals surface area contributed by atoms with Gasteiger partial charge in [0.25, 0.3) is 5.91 Å². The van der Waals surface area contributed by atoms with E-state index in [0.29, 0.717) is 17.2 Å². The van der Waals surface area contributed by atoms with E-state index in [1.54, 1.807) is 12.1 Å². The first-order chi connectivity index (χ1) is 13.9. The molecule has 0 aromatic heterocycles. The number of hydrogen-bond acceptors (Lipinski definition) is 3. The van der Waals surface area contributed by atoms with Crippen molar-refractivity contribution < 1.29 is 9.59 Å². The van der Waals surface area contributed by atoms with Crippen LogP contribution in [0.25, 0.3) is 6.08 Å². The first-order valence-corrected chi connectivity index (χ1v) is 10.1. The summed E-state index contributed by atoms with van der Waals surface area (Å²) in [6, 6.07) is 15.2. The highest BCUT2D eigenvalue weighted by atomic mass is 16.2. The molecule has 3 rings (SSSR count). The molecule has 2 aromatic rings. The maximum absolute atomic E-state index is 13.2. The molecule has 0 bridgehead atoms. The summed E-state index contributed by atoms with van der Waals surface area (Å²) in [5.74, 6) is 0.461. The Morgan fingerprint density at radius 2 is 1.76 bits per heavy atom. The third-order valence-corrected chi connectivity index (χ3v) is 5.27. The Balaban J connectivity index is 1.76. The van der Waals surface area contributed by atoms with Gasteiger partial charge in [-0.2, -0.15) is 0 Å². The molecule has 1 aliphatic heterocycles. The molecule has 5 nitrogen and oxygen atoms in total. The number of carbonyl (C=O) groups excluding carboxylic acids is 2. The second-order valence-electron chi connectivity index (χ2n) is 7.83. The van der Waals surface area contributed by atoms with E-state index >= 15 is 0 Å². The van der Waals surface area contributed by atoms with Crippen LogP contribution < -0.4 is 10.2 Å². The Bertz CT molecular complexity index is 882. The molecule has 0 unspecified atom stereocenters. The molecule has 2 amide bonds. The van der Waals surface area contributed by atoms with E-state index in [1.807, 2.05) is 66.4 Å². The van der Waals surface area contributed by atoms with Crippen LogP contribution in [-0.2, 0) is 4.79 Å². The number of piperidine rings is 1. The molecule has 0 atom stereocenters. The highest BCUT2D eigenvalue weighted by Gasteiger charge is 2.24. The van der Waals surface area contributed by atoms with Crippen LogP contribution >= 0.6 is 0 Å². The molecule has 0 saturated carbocycles. The number of carbonyl (C=O) groups is 2. The smallest absolute Gasteiger partial charge is 0.256 e. The van der Waals surface area contributed by atoms with Gasteiger partial charge in [0.05, 0.1) is 5.56 Å². The van der Waals surface area contributed by atoms with E-state index in [4.69, 9.17) is 0 Å². The minimum absolute atomic E-state index is 0.0246. The second kappa shape index (κ2) is 9.41. The average Bonchev–Trinajstić information content (AvgIpc) is 2.73. The summed E-state index contributed by atoms with van der Waals surface area (Å²) in [5.41, 5.74) is 3.05. The number of benzene rings is 2. The number of rotatable bonds is 5. The molecule has 29 heavy (non-hydrogen) atoms. The van der Waals surface area contributed by atoms with Crippen LogP contribution in [0, 0.1) is 5.92 Å². The number of hydrogen-bond donors (Lipinski definition) is 1. The minimum atomic E-state index is -0.225. The summed E-state index contributed by atoms with van der Waals surface area (Å²) in [7, 11) is 3.84. The molecule has 2 aromatic carbocycles. The van der Waals surface area contributed by atoms with Crippen LogP contribution in [0.3, 0.4) is 0 Å². The van der Waals surface area contributed by atoms with Gasteiger partial charge in [0, 0.05) is 44.6 Å². The summed E-state index contributed by atoms with van der Waals surface area (Å²) < 4.78 is 0. The lowest BCUT2D eigenvalue weighted by atomic mass is 9.98. The van der Waals surface area contributed by atoms with Crippen LogP contribution in [0.4, 0.5) is 11.4 Å². The summed E-state index contributed by atoms with van der Waals surface area (Å²) in [6.07, 6.45) is 5.33. The standard InChI is InChI=1S/C24H29N3O2/c1-18-13-15-27(16-14-18)24(29)21-17-20(10-11-22(21)26(2)3)25-23(28)12-9-19-7-5-4-6-8-19/h4-12,17-18H,13-16H2,1-3H3,(H,25,28). The van der Waals surface area contributed by atoms with Gasteiger partial charge in [-0.05, 0) is 48.6 Å². The summed E-state index contributed by atoms with van der Waals surface area (Å²) in [5, 5.41) is 2.87. The Labute approximate surface area is 173 Å². The van der Waals surface area contributed by atoms with Gasteiger partial charge >= 0.3 is 0 Å². The zero-order valence-corrected chi connectivity index (χ0v) is 17.4. The fourth-order valence-electron chi connectivity index (χ4n) is 3.48. The molecule has 1 saturated heterocycles. The second-order valence-corrected chi connectivity index (χ2v) is 7.83. The van der Waals surface area contributed by atoms with Crippen molar-refractivity contribution in [1.82, 2.24) is 4.90 Å². The van der Waals surface area contributed by atoms with Crippen molar-refractivity contribution in [3.63, 3.8) is 0 Å². The molecular formula is C24H29N3O2. The maximum Gasteiger partial charge on any atom is 0.256 e. The highest BCUT2D eigenvalue weighted by Crippen LogP contribution is 2.26. The average molecular weight is 392 g/mol. The van der Waals surface area contributed by atoms with Crippen molar-refractivity contribution >= 4 is 29.3 Å². The monoisotopic (exact) mass is 391 g/mol. The van der Waals surface area contributed by atoms with Crippen molar-refractivity contribution in [2.45, 2.75) is 19.8 Å². The first kappa shape index (κ1) is 20.6. The lowest BCUT2D eigenvalue weighted by molar-refractivity contribution is -0.111. The number of nitrogens with zero attached hydrogens (tertiary/aromatic N) is 2. The Kier molecular flexibility index (Phi) is 6.70. The topological polar surface area (TPSA) is 52.7 Å². The van der Waals surface area contributed by atoms with Crippen molar-refractivity contribution in [1.29, 1.82) is 0 Å². The fraction of sp³-hybridized carbons (Fsp3) is 0.333. The molecule has 5 heteroatoms. The van der Waals surface area contributed by atoms with Crippen LogP contribution in [0.5, 0.6) is 0 Å². The maximum atomic E-state index is 13.2. The molecular weight excluding hydrogens is 362 g/mol. The summed E-state index contributed by atoms with van der Waals surface area (Å²) >= 11 is 0. The van der Waals surface area contributed by atoms with E-state index in [-0.39, 0.29) is 11.8 Å². The van der Waals surface area contributed by atoms with Crippen LogP contribution in [-0.4, -0.2) is 43.9 Å². The van der Waals surface area contributed by atoms with Crippen molar-refractivity contribution in [2.24, 2.45) is 5.92 Å². The third kappa shape index (κ3) is 5.47. The van der Waals surface area contributed by atoms with Gasteiger partial charge in [0.2, 0.25) is 5.91 Å². The van der Waals surface area contributed by atoms with Crippen LogP contribution in [0.2, 0.25) is 0 Å². The van der Waals surface area contributed by atoms with Gasteiger partial charge in [-0.3, -0.25) is 9.59 Å². The van der Waals surface area contributed by atoms with E-state index in [2.05, 4.69) is 12.2 Å². The summed E-state index contributed by atoms with van der Waals surface area (Å²) in [4.78, 5) is 29.3. The molecule has 1 heterocycles. The Hall–Kier alpha value is -3.08. The Morgan fingerprint density at radius 3 is 2.41 bits per heavy atom. The predicted octanol–water partition coefficient (Wildman–Crippen LogP) is 4.28. The van der Waals surface area contributed by atoms with Gasteiger partial charge in [-0.25, -0.2) is 0 Å². The largest absolute Gasteiger partial charge is 0.377 e. The van der Waals surface area contributed by atoms with Crippen molar-refractivity contribution in [2.75, 3.05) is 37.4 Å². The molecule has 152 valence electrons. The lowest BCUT2D eigenvalue weighted by Crippen LogP contribution is -2.38. The van der Waals surface area contributed by atoms with Crippen LogP contribution in [0.1, 0.15) is 35.7 Å². The molecule has 0 radical (unpaired) electrons. The molecule has 1 N–H and O–H groups in total. The molecule has 0 aliphatic carbocycles. The zero-order valence-electron chi connectivity index (χ0n) is 17.4. The van der Waals surface area contributed by atoms with E-state index in [1.165, 1.54) is 6.08 Å². The van der Waals surface area contributed by atoms with E-state index < -0.39 is 0 Å². The molecule has 1 fully saturated rings. The lowest BCUT2D eigenvalue weighted by Gasteiger charge is -2.31. The number of amides is 2. The minimum Gasteiger partial charge on any atom is -0.377 e. The van der Waals surface area contributed by atoms with Crippen LogP contribution in [0.15, 0.2) is 54.6 Å². The normalized spacial score (nSPS) is 14.8. The zero-order chi connectivity index (χ0) is 20.8. The number of likely N-dealkylation sites (tertiary alicyclic amines) is 1. The third-order valence-electron chi connectivity index (χ3n) is 5.27. The predicted molar refractivity (Wildman–Crippen MR) is 119 cm³/mol. The van der Waals surface area contributed by atoms with Gasteiger partial charge < -0.3 is 15.1 Å². The quantitative estimate of drug-likeness (QED) is 0.774. The van der Waals surface area contributed by atoms with Crippen molar-refractivity contribution in [3.05, 3.63) is 65.7 Å². The van der Waals surface area contributed by atoms with Gasteiger partial charge in [0.1, 0.15) is 0 Å². The van der Waals surface area contributed by atoms with E-state index in [9.17, 15) is 9.59 Å². The number of nitrogens with one attached hydrogen (secondary N) is 1. The highest BCUT2D eigenvalue weighted by molar-refractivity contribution is 6.05.